The van der Waals surface area contributed by atoms with Crippen LogP contribution in [-0.2, 0) is 13.0 Å². The van der Waals surface area contributed by atoms with Crippen LogP contribution in [0.3, 0.4) is 0 Å². The standard InChI is InChI=1S/C12H21N3/c1-2-12-13-6-11-15(12)10-5-9-14-7-3-4-8-14/h6,11H,2-5,7-10H2,1H3. The number of aromatic nitrogens is 2. The minimum atomic E-state index is 1.04. The summed E-state index contributed by atoms with van der Waals surface area (Å²) < 4.78 is 2.29. The molecule has 0 N–H and O–H groups in total. The van der Waals surface area contributed by atoms with E-state index in [0.29, 0.717) is 0 Å². The Bertz CT molecular complexity index is 287. The second kappa shape index (κ2) is 5.31. The molecule has 3 heteroatoms. The van der Waals surface area contributed by atoms with Gasteiger partial charge in [-0.1, -0.05) is 6.92 Å². The zero-order valence-corrected chi connectivity index (χ0v) is 9.65. The maximum atomic E-state index is 4.33. The molecule has 3 nitrogen and oxygen atoms in total. The van der Waals surface area contributed by atoms with Crippen LogP contribution in [0.5, 0.6) is 0 Å². The van der Waals surface area contributed by atoms with E-state index in [1.807, 2.05) is 6.20 Å². The molecule has 0 amide bonds. The van der Waals surface area contributed by atoms with Gasteiger partial charge in [-0.05, 0) is 38.9 Å². The predicted molar refractivity (Wildman–Crippen MR) is 61.9 cm³/mol. The first-order valence-electron chi connectivity index (χ1n) is 6.12. The lowest BCUT2D eigenvalue weighted by Crippen LogP contribution is -2.21. The molecule has 0 spiro atoms. The van der Waals surface area contributed by atoms with Gasteiger partial charge in [0.2, 0.25) is 0 Å². The monoisotopic (exact) mass is 207 g/mol. The van der Waals surface area contributed by atoms with Crippen LogP contribution in [0, 0.1) is 0 Å². The van der Waals surface area contributed by atoms with Crippen LogP contribution in [0.2, 0.25) is 0 Å². The summed E-state index contributed by atoms with van der Waals surface area (Å²) >= 11 is 0. The Labute approximate surface area is 92.1 Å². The fraction of sp³-hybridized carbons (Fsp3) is 0.750. The van der Waals surface area contributed by atoms with Crippen molar-refractivity contribution in [1.82, 2.24) is 14.5 Å². The zero-order valence-electron chi connectivity index (χ0n) is 9.65. The third-order valence-electron chi connectivity index (χ3n) is 3.19. The van der Waals surface area contributed by atoms with Crippen molar-refractivity contribution in [3.05, 3.63) is 18.2 Å². The molecule has 1 saturated heterocycles. The van der Waals surface area contributed by atoms with Crippen LogP contribution in [0.4, 0.5) is 0 Å². The van der Waals surface area contributed by atoms with Gasteiger partial charge in [-0.2, -0.15) is 0 Å². The first kappa shape index (κ1) is 10.7. The van der Waals surface area contributed by atoms with Gasteiger partial charge in [-0.3, -0.25) is 0 Å². The summed E-state index contributed by atoms with van der Waals surface area (Å²) in [4.78, 5) is 6.91. The van der Waals surface area contributed by atoms with Crippen molar-refractivity contribution >= 4 is 0 Å². The fourth-order valence-corrected chi connectivity index (χ4v) is 2.33. The summed E-state index contributed by atoms with van der Waals surface area (Å²) in [5.41, 5.74) is 0. The molecule has 0 aliphatic carbocycles. The molecule has 0 unspecified atom stereocenters. The first-order valence-corrected chi connectivity index (χ1v) is 6.12. The molecule has 84 valence electrons. The van der Waals surface area contributed by atoms with Gasteiger partial charge in [0.05, 0.1) is 0 Å². The Kier molecular flexibility index (Phi) is 3.78. The molecule has 1 aliphatic heterocycles. The summed E-state index contributed by atoms with van der Waals surface area (Å²) in [5.74, 6) is 1.22. The van der Waals surface area contributed by atoms with Crippen molar-refractivity contribution in [2.75, 3.05) is 19.6 Å². The van der Waals surface area contributed by atoms with E-state index in [4.69, 9.17) is 0 Å². The van der Waals surface area contributed by atoms with E-state index in [0.717, 1.165) is 13.0 Å². The lowest BCUT2D eigenvalue weighted by atomic mass is 10.3. The molecular weight excluding hydrogens is 186 g/mol. The van der Waals surface area contributed by atoms with Gasteiger partial charge in [0.15, 0.2) is 0 Å². The maximum absolute atomic E-state index is 4.33. The number of likely N-dealkylation sites (tertiary alicyclic amines) is 1. The summed E-state index contributed by atoms with van der Waals surface area (Å²) in [6.45, 7) is 7.16. The van der Waals surface area contributed by atoms with Crippen molar-refractivity contribution in [2.45, 2.75) is 39.2 Å². The Morgan fingerprint density at radius 3 is 2.80 bits per heavy atom. The molecule has 0 atom stereocenters. The van der Waals surface area contributed by atoms with Crippen molar-refractivity contribution in [2.24, 2.45) is 0 Å². The average Bonchev–Trinajstić information content (AvgIpc) is 2.88. The summed E-state index contributed by atoms with van der Waals surface area (Å²) in [7, 11) is 0. The van der Waals surface area contributed by atoms with E-state index < -0.39 is 0 Å². The van der Waals surface area contributed by atoms with Gasteiger partial charge in [-0.25, -0.2) is 4.98 Å². The molecule has 1 aromatic rings. The van der Waals surface area contributed by atoms with Crippen molar-refractivity contribution in [1.29, 1.82) is 0 Å². The molecule has 0 bridgehead atoms. The Morgan fingerprint density at radius 1 is 1.27 bits per heavy atom. The highest BCUT2D eigenvalue weighted by Gasteiger charge is 2.10. The van der Waals surface area contributed by atoms with E-state index in [2.05, 4.69) is 27.6 Å². The normalized spacial score (nSPS) is 17.4. The van der Waals surface area contributed by atoms with E-state index in [9.17, 15) is 0 Å². The van der Waals surface area contributed by atoms with Crippen LogP contribution in [-0.4, -0.2) is 34.1 Å². The van der Waals surface area contributed by atoms with Crippen LogP contribution in [0.1, 0.15) is 32.0 Å². The maximum Gasteiger partial charge on any atom is 0.108 e. The molecule has 0 saturated carbocycles. The van der Waals surface area contributed by atoms with E-state index in [1.165, 1.54) is 44.7 Å². The van der Waals surface area contributed by atoms with Crippen LogP contribution in [0.15, 0.2) is 12.4 Å². The Balaban J connectivity index is 1.73. The average molecular weight is 207 g/mol. The summed E-state index contributed by atoms with van der Waals surface area (Å²) in [6, 6.07) is 0. The van der Waals surface area contributed by atoms with E-state index in [-0.39, 0.29) is 0 Å². The molecule has 0 radical (unpaired) electrons. The second-order valence-electron chi connectivity index (χ2n) is 4.29. The second-order valence-corrected chi connectivity index (χ2v) is 4.29. The molecule has 1 aliphatic rings. The first-order chi connectivity index (χ1) is 7.40. The minimum absolute atomic E-state index is 1.04. The Morgan fingerprint density at radius 2 is 2.07 bits per heavy atom. The molecule has 15 heavy (non-hydrogen) atoms. The summed E-state index contributed by atoms with van der Waals surface area (Å²) in [5, 5.41) is 0. The predicted octanol–water partition coefficient (Wildman–Crippen LogP) is 1.93. The third-order valence-corrected chi connectivity index (χ3v) is 3.19. The van der Waals surface area contributed by atoms with Gasteiger partial charge in [-0.15, -0.1) is 0 Å². The topological polar surface area (TPSA) is 21.1 Å². The van der Waals surface area contributed by atoms with Gasteiger partial charge < -0.3 is 9.47 Å². The summed E-state index contributed by atoms with van der Waals surface area (Å²) in [6.07, 6.45) is 9.09. The van der Waals surface area contributed by atoms with Crippen LogP contribution in [0.25, 0.3) is 0 Å². The third kappa shape index (κ3) is 2.81. The van der Waals surface area contributed by atoms with Gasteiger partial charge in [0.25, 0.3) is 0 Å². The number of nitrogens with zero attached hydrogens (tertiary/aromatic N) is 3. The molecule has 1 aromatic heterocycles. The number of imidazole rings is 1. The van der Waals surface area contributed by atoms with Crippen molar-refractivity contribution in [3.8, 4) is 0 Å². The minimum Gasteiger partial charge on any atom is -0.335 e. The highest BCUT2D eigenvalue weighted by molar-refractivity contribution is 4.91. The lowest BCUT2D eigenvalue weighted by molar-refractivity contribution is 0.324. The molecule has 0 aromatic carbocycles. The highest BCUT2D eigenvalue weighted by Crippen LogP contribution is 2.08. The molecule has 2 rings (SSSR count). The smallest absolute Gasteiger partial charge is 0.108 e. The van der Waals surface area contributed by atoms with E-state index in [1.54, 1.807) is 0 Å². The van der Waals surface area contributed by atoms with Gasteiger partial charge in [0, 0.05) is 25.4 Å². The van der Waals surface area contributed by atoms with Gasteiger partial charge >= 0.3 is 0 Å². The quantitative estimate of drug-likeness (QED) is 0.735. The lowest BCUT2D eigenvalue weighted by Gasteiger charge is -2.14. The van der Waals surface area contributed by atoms with E-state index >= 15 is 0 Å². The molecule has 2 heterocycles. The highest BCUT2D eigenvalue weighted by atomic mass is 15.1. The number of aryl methyl sites for hydroxylation is 2. The number of hydrogen-bond donors (Lipinski definition) is 0. The fourth-order valence-electron chi connectivity index (χ4n) is 2.33. The van der Waals surface area contributed by atoms with Crippen LogP contribution < -0.4 is 0 Å². The number of rotatable bonds is 5. The van der Waals surface area contributed by atoms with Crippen molar-refractivity contribution < 1.29 is 0 Å². The number of hydrogen-bond acceptors (Lipinski definition) is 2. The van der Waals surface area contributed by atoms with Crippen molar-refractivity contribution in [3.63, 3.8) is 0 Å². The molecule has 1 fully saturated rings. The Hall–Kier alpha value is -0.830. The van der Waals surface area contributed by atoms with Crippen LogP contribution >= 0.6 is 0 Å². The SMILES string of the molecule is CCc1nccn1CCCN1CCCC1. The zero-order chi connectivity index (χ0) is 10.5. The van der Waals surface area contributed by atoms with Gasteiger partial charge in [0.1, 0.15) is 5.82 Å². The largest absolute Gasteiger partial charge is 0.335 e. The molecular formula is C12H21N3.